The second kappa shape index (κ2) is 5.17. The molecule has 0 spiro atoms. The average molecular weight is 298 g/mol. The molecule has 1 heterocycles. The number of aromatic carboxylic acids is 1. The topological polar surface area (TPSA) is 128 Å². The molecular weight excluding hydrogens is 288 g/mol. The molecule has 0 saturated heterocycles. The predicted octanol–water partition coefficient (Wildman–Crippen LogP) is 1.88. The van der Waals surface area contributed by atoms with Crippen LogP contribution in [0.15, 0.2) is 36.4 Å². The smallest absolute Gasteiger partial charge is 0.337 e. The van der Waals surface area contributed by atoms with Gasteiger partial charge < -0.3 is 20.6 Å². The quantitative estimate of drug-likeness (QED) is 0.577. The highest BCUT2D eigenvalue weighted by molar-refractivity contribution is 6.01. The van der Waals surface area contributed by atoms with E-state index in [0.29, 0.717) is 0 Å². The lowest BCUT2D eigenvalue weighted by Gasteiger charge is -2.10. The fourth-order valence-corrected chi connectivity index (χ4v) is 2.05. The van der Waals surface area contributed by atoms with Gasteiger partial charge in [-0.05, 0) is 22.9 Å². The number of carboxylic acid groups (broad SMARTS) is 1. The number of rotatable bonds is 3. The van der Waals surface area contributed by atoms with Crippen LogP contribution in [0.5, 0.6) is 12.0 Å². The van der Waals surface area contributed by atoms with Gasteiger partial charge in [0.1, 0.15) is 0 Å². The number of nitrogens with zero attached hydrogens (tertiary/aromatic N) is 3. The maximum absolute atomic E-state index is 11.4. The Hall–Kier alpha value is -3.42. The van der Waals surface area contributed by atoms with E-state index in [2.05, 4.69) is 20.3 Å². The van der Waals surface area contributed by atoms with E-state index in [4.69, 9.17) is 0 Å². The van der Waals surface area contributed by atoms with E-state index in [-0.39, 0.29) is 17.2 Å². The van der Waals surface area contributed by atoms with Gasteiger partial charge in [-0.2, -0.15) is 9.97 Å². The van der Waals surface area contributed by atoms with E-state index in [1.807, 2.05) is 18.2 Å². The minimum atomic E-state index is -1.13. The summed E-state index contributed by atoms with van der Waals surface area (Å²) in [4.78, 5) is 21.8. The third-order valence-electron chi connectivity index (χ3n) is 2.97. The van der Waals surface area contributed by atoms with Crippen LogP contribution in [0, 0.1) is 0 Å². The van der Waals surface area contributed by atoms with Crippen molar-refractivity contribution in [2.24, 2.45) is 0 Å². The fraction of sp³-hybridized carbons (Fsp3) is 0. The number of fused-ring (bicyclic) bond motifs is 1. The Morgan fingerprint density at radius 1 is 0.955 bits per heavy atom. The first-order valence-electron chi connectivity index (χ1n) is 6.20. The Kier molecular flexibility index (Phi) is 3.18. The third kappa shape index (κ3) is 2.57. The van der Waals surface area contributed by atoms with Gasteiger partial charge in [0, 0.05) is 0 Å². The molecular formula is C14H10N4O4. The van der Waals surface area contributed by atoms with Gasteiger partial charge in [0.2, 0.25) is 5.95 Å². The summed E-state index contributed by atoms with van der Waals surface area (Å²) in [5.74, 6) is -1.29. The van der Waals surface area contributed by atoms with Crippen molar-refractivity contribution < 1.29 is 20.1 Å². The number of hydrogen-bond donors (Lipinski definition) is 4. The molecule has 2 aromatic carbocycles. The van der Waals surface area contributed by atoms with Gasteiger partial charge in [0.15, 0.2) is 0 Å². The van der Waals surface area contributed by atoms with Gasteiger partial charge in [-0.3, -0.25) is 0 Å². The SMILES string of the molecule is O=C(O)c1cc2ccccc2cc1Nc1nc(O)nc(O)n1. The van der Waals surface area contributed by atoms with Gasteiger partial charge in [-0.15, -0.1) is 4.98 Å². The molecule has 0 amide bonds. The number of carboxylic acids is 1. The van der Waals surface area contributed by atoms with Gasteiger partial charge in [-0.1, -0.05) is 24.3 Å². The standard InChI is InChI=1S/C14H10N4O4/c19-11(20)9-5-7-3-1-2-4-8(7)6-10(9)15-12-16-13(21)18-14(22)17-12/h1-6H,(H,19,20)(H3,15,16,17,18,21,22). The second-order valence-electron chi connectivity index (χ2n) is 4.43. The highest BCUT2D eigenvalue weighted by Crippen LogP contribution is 2.26. The van der Waals surface area contributed by atoms with Crippen LogP contribution in [0.3, 0.4) is 0 Å². The average Bonchev–Trinajstić information content (AvgIpc) is 2.45. The van der Waals surface area contributed by atoms with Crippen molar-refractivity contribution in [3.8, 4) is 12.0 Å². The molecule has 0 atom stereocenters. The van der Waals surface area contributed by atoms with E-state index in [9.17, 15) is 20.1 Å². The first-order chi connectivity index (χ1) is 10.5. The molecule has 0 bridgehead atoms. The largest absolute Gasteiger partial charge is 0.479 e. The minimum Gasteiger partial charge on any atom is -0.479 e. The van der Waals surface area contributed by atoms with Crippen molar-refractivity contribution in [2.75, 3.05) is 5.32 Å². The Bertz CT molecular complexity index is 862. The molecule has 0 saturated carbocycles. The zero-order chi connectivity index (χ0) is 15.7. The second-order valence-corrected chi connectivity index (χ2v) is 4.43. The Morgan fingerprint density at radius 2 is 1.55 bits per heavy atom. The monoisotopic (exact) mass is 298 g/mol. The zero-order valence-electron chi connectivity index (χ0n) is 11.1. The van der Waals surface area contributed by atoms with Crippen LogP contribution in [-0.2, 0) is 0 Å². The van der Waals surface area contributed by atoms with Crippen molar-refractivity contribution in [1.29, 1.82) is 0 Å². The van der Waals surface area contributed by atoms with Crippen LogP contribution in [-0.4, -0.2) is 36.2 Å². The van der Waals surface area contributed by atoms with E-state index >= 15 is 0 Å². The maximum atomic E-state index is 11.4. The van der Waals surface area contributed by atoms with Crippen molar-refractivity contribution in [3.63, 3.8) is 0 Å². The lowest BCUT2D eigenvalue weighted by molar-refractivity contribution is 0.0698. The van der Waals surface area contributed by atoms with Crippen LogP contribution in [0.2, 0.25) is 0 Å². The summed E-state index contributed by atoms with van der Waals surface area (Å²) in [5, 5.41) is 32.1. The van der Waals surface area contributed by atoms with Crippen LogP contribution < -0.4 is 5.32 Å². The molecule has 110 valence electrons. The first-order valence-corrected chi connectivity index (χ1v) is 6.20. The molecule has 1 aromatic heterocycles. The summed E-state index contributed by atoms with van der Waals surface area (Å²) >= 11 is 0. The van der Waals surface area contributed by atoms with Crippen LogP contribution in [0.25, 0.3) is 10.8 Å². The molecule has 8 nitrogen and oxygen atoms in total. The highest BCUT2D eigenvalue weighted by Gasteiger charge is 2.14. The lowest BCUT2D eigenvalue weighted by atomic mass is 10.0. The first kappa shape index (κ1) is 13.6. The summed E-state index contributed by atoms with van der Waals surface area (Å²) in [5.41, 5.74) is 0.245. The molecule has 3 aromatic rings. The molecule has 0 fully saturated rings. The molecule has 0 unspecified atom stereocenters. The Morgan fingerprint density at radius 3 is 2.14 bits per heavy atom. The molecule has 4 N–H and O–H groups in total. The molecule has 0 radical (unpaired) electrons. The molecule has 0 aliphatic rings. The van der Waals surface area contributed by atoms with Gasteiger partial charge in [0.25, 0.3) is 0 Å². The highest BCUT2D eigenvalue weighted by atomic mass is 16.4. The fourth-order valence-electron chi connectivity index (χ4n) is 2.05. The number of anilines is 2. The number of benzene rings is 2. The third-order valence-corrected chi connectivity index (χ3v) is 2.97. The summed E-state index contributed by atoms with van der Waals surface area (Å²) in [6.07, 6.45) is 0. The number of aromatic hydroxyl groups is 2. The van der Waals surface area contributed by atoms with Gasteiger partial charge in [-0.25, -0.2) is 4.79 Å². The van der Waals surface area contributed by atoms with E-state index < -0.39 is 18.0 Å². The normalized spacial score (nSPS) is 10.5. The van der Waals surface area contributed by atoms with Gasteiger partial charge in [0.05, 0.1) is 11.3 Å². The number of nitrogens with one attached hydrogen (secondary N) is 1. The minimum absolute atomic E-state index is 0.0121. The van der Waals surface area contributed by atoms with Crippen molar-refractivity contribution >= 4 is 28.4 Å². The predicted molar refractivity (Wildman–Crippen MR) is 77.3 cm³/mol. The van der Waals surface area contributed by atoms with E-state index in [1.54, 1.807) is 12.1 Å². The van der Waals surface area contributed by atoms with Crippen molar-refractivity contribution in [1.82, 2.24) is 15.0 Å². The Balaban J connectivity index is 2.12. The number of hydrogen-bond acceptors (Lipinski definition) is 7. The van der Waals surface area contributed by atoms with Crippen LogP contribution in [0.4, 0.5) is 11.6 Å². The molecule has 8 heteroatoms. The molecule has 0 aliphatic heterocycles. The lowest BCUT2D eigenvalue weighted by Crippen LogP contribution is -2.05. The van der Waals surface area contributed by atoms with Crippen LogP contribution in [0.1, 0.15) is 10.4 Å². The molecule has 3 rings (SSSR count). The Labute approximate surface area is 123 Å². The summed E-state index contributed by atoms with van der Waals surface area (Å²) < 4.78 is 0. The van der Waals surface area contributed by atoms with Crippen molar-refractivity contribution in [3.05, 3.63) is 42.0 Å². The number of carbonyl (C=O) groups is 1. The summed E-state index contributed by atoms with van der Waals surface area (Å²) in [6.45, 7) is 0. The van der Waals surface area contributed by atoms with E-state index in [0.717, 1.165) is 10.8 Å². The molecule has 0 aliphatic carbocycles. The van der Waals surface area contributed by atoms with Crippen molar-refractivity contribution in [2.45, 2.75) is 0 Å². The van der Waals surface area contributed by atoms with Gasteiger partial charge >= 0.3 is 18.0 Å². The molecule has 22 heavy (non-hydrogen) atoms. The zero-order valence-corrected chi connectivity index (χ0v) is 11.1. The van der Waals surface area contributed by atoms with E-state index in [1.165, 1.54) is 6.07 Å². The number of aromatic nitrogens is 3. The van der Waals surface area contributed by atoms with Crippen LogP contribution >= 0.6 is 0 Å². The summed E-state index contributed by atoms with van der Waals surface area (Å²) in [7, 11) is 0. The maximum Gasteiger partial charge on any atom is 0.337 e. The summed E-state index contributed by atoms with van der Waals surface area (Å²) in [6, 6.07) is 9.05.